The highest BCUT2D eigenvalue weighted by Gasteiger charge is 2.13. The van der Waals surface area contributed by atoms with Crippen LogP contribution in [0.15, 0.2) is 48.7 Å². The SMILES string of the molecule is CCC(=O)Nc1ccc(Cl)c(NC(=O)c2cccc3cc[nH]c23)c1. The van der Waals surface area contributed by atoms with E-state index < -0.39 is 0 Å². The van der Waals surface area contributed by atoms with E-state index in [-0.39, 0.29) is 11.8 Å². The molecule has 1 aromatic heterocycles. The van der Waals surface area contributed by atoms with Gasteiger partial charge in [0.2, 0.25) is 5.91 Å². The first-order valence-corrected chi connectivity index (χ1v) is 7.93. The van der Waals surface area contributed by atoms with Gasteiger partial charge in [-0.25, -0.2) is 0 Å². The largest absolute Gasteiger partial charge is 0.361 e. The first kappa shape index (κ1) is 16.1. The first-order chi connectivity index (χ1) is 11.6. The highest BCUT2D eigenvalue weighted by Crippen LogP contribution is 2.27. The van der Waals surface area contributed by atoms with Crippen molar-refractivity contribution in [2.45, 2.75) is 13.3 Å². The van der Waals surface area contributed by atoms with Crippen LogP contribution in [0.25, 0.3) is 10.9 Å². The number of para-hydroxylation sites is 1. The highest BCUT2D eigenvalue weighted by atomic mass is 35.5. The number of aromatic nitrogens is 1. The smallest absolute Gasteiger partial charge is 0.257 e. The molecule has 0 aliphatic carbocycles. The van der Waals surface area contributed by atoms with E-state index in [1.165, 1.54) is 0 Å². The van der Waals surface area contributed by atoms with E-state index in [1.54, 1.807) is 37.4 Å². The van der Waals surface area contributed by atoms with Crippen molar-refractivity contribution in [3.63, 3.8) is 0 Å². The number of anilines is 2. The number of carbonyl (C=O) groups is 2. The van der Waals surface area contributed by atoms with Gasteiger partial charge >= 0.3 is 0 Å². The number of carbonyl (C=O) groups excluding carboxylic acids is 2. The minimum absolute atomic E-state index is 0.106. The van der Waals surface area contributed by atoms with E-state index in [0.717, 1.165) is 10.9 Å². The number of fused-ring (bicyclic) bond motifs is 1. The Hall–Kier alpha value is -2.79. The fraction of sp³-hybridized carbons (Fsp3) is 0.111. The average molecular weight is 342 g/mol. The molecule has 0 bridgehead atoms. The molecule has 0 unspecified atom stereocenters. The van der Waals surface area contributed by atoms with Crippen LogP contribution in [0.3, 0.4) is 0 Å². The molecular formula is C18H16ClN3O2. The van der Waals surface area contributed by atoms with E-state index in [9.17, 15) is 9.59 Å². The van der Waals surface area contributed by atoms with Gasteiger partial charge in [-0.3, -0.25) is 9.59 Å². The zero-order chi connectivity index (χ0) is 17.1. The Morgan fingerprint density at radius 3 is 2.75 bits per heavy atom. The van der Waals surface area contributed by atoms with Crippen molar-refractivity contribution < 1.29 is 9.59 Å². The van der Waals surface area contributed by atoms with Crippen LogP contribution in [-0.2, 0) is 4.79 Å². The maximum absolute atomic E-state index is 12.6. The van der Waals surface area contributed by atoms with Gasteiger partial charge in [-0.2, -0.15) is 0 Å². The molecule has 1 heterocycles. The standard InChI is InChI=1S/C18H16ClN3O2/c1-2-16(23)21-12-6-7-14(19)15(10-12)22-18(24)13-5-3-4-11-8-9-20-17(11)13/h3-10,20H,2H2,1H3,(H,21,23)(H,22,24). The van der Waals surface area contributed by atoms with Crippen molar-refractivity contribution in [1.82, 2.24) is 4.98 Å². The Labute approximate surface area is 144 Å². The van der Waals surface area contributed by atoms with Crippen LogP contribution in [0.5, 0.6) is 0 Å². The maximum Gasteiger partial charge on any atom is 0.257 e. The predicted molar refractivity (Wildman–Crippen MR) is 96.6 cm³/mol. The lowest BCUT2D eigenvalue weighted by Crippen LogP contribution is -2.14. The average Bonchev–Trinajstić information content (AvgIpc) is 3.06. The van der Waals surface area contributed by atoms with Gasteiger partial charge in [0, 0.05) is 23.7 Å². The van der Waals surface area contributed by atoms with E-state index in [0.29, 0.717) is 28.4 Å². The van der Waals surface area contributed by atoms with Crippen LogP contribution < -0.4 is 10.6 Å². The van der Waals surface area contributed by atoms with E-state index in [4.69, 9.17) is 11.6 Å². The second-order valence-corrected chi connectivity index (χ2v) is 5.71. The minimum Gasteiger partial charge on any atom is -0.361 e. The molecular weight excluding hydrogens is 326 g/mol. The monoisotopic (exact) mass is 341 g/mol. The molecule has 0 saturated carbocycles. The summed E-state index contributed by atoms with van der Waals surface area (Å²) >= 11 is 6.16. The lowest BCUT2D eigenvalue weighted by atomic mass is 10.1. The maximum atomic E-state index is 12.6. The third-order valence-corrected chi connectivity index (χ3v) is 3.98. The lowest BCUT2D eigenvalue weighted by molar-refractivity contribution is -0.115. The van der Waals surface area contributed by atoms with Gasteiger partial charge < -0.3 is 15.6 Å². The summed E-state index contributed by atoms with van der Waals surface area (Å²) in [6, 6.07) is 12.4. The van der Waals surface area contributed by atoms with Crippen LogP contribution in [0, 0.1) is 0 Å². The topological polar surface area (TPSA) is 74.0 Å². The molecule has 122 valence electrons. The van der Waals surface area contributed by atoms with Gasteiger partial charge in [-0.05, 0) is 30.3 Å². The Kier molecular flexibility index (Phi) is 4.53. The highest BCUT2D eigenvalue weighted by molar-refractivity contribution is 6.34. The van der Waals surface area contributed by atoms with Crippen molar-refractivity contribution in [2.24, 2.45) is 0 Å². The Balaban J connectivity index is 1.87. The third-order valence-electron chi connectivity index (χ3n) is 3.65. The fourth-order valence-electron chi connectivity index (χ4n) is 2.41. The van der Waals surface area contributed by atoms with Crippen LogP contribution in [-0.4, -0.2) is 16.8 Å². The van der Waals surface area contributed by atoms with Crippen LogP contribution in [0.4, 0.5) is 11.4 Å². The number of H-pyrrole nitrogens is 1. The summed E-state index contributed by atoms with van der Waals surface area (Å²) in [5.74, 6) is -0.380. The van der Waals surface area contributed by atoms with E-state index in [2.05, 4.69) is 15.6 Å². The quantitative estimate of drug-likeness (QED) is 0.657. The molecule has 0 aliphatic heterocycles. The Morgan fingerprint density at radius 1 is 1.12 bits per heavy atom. The number of benzene rings is 2. The lowest BCUT2D eigenvalue weighted by Gasteiger charge is -2.11. The number of halogens is 1. The number of hydrogen-bond donors (Lipinski definition) is 3. The fourth-order valence-corrected chi connectivity index (χ4v) is 2.58. The van der Waals surface area contributed by atoms with Gasteiger partial charge in [0.25, 0.3) is 5.91 Å². The summed E-state index contributed by atoms with van der Waals surface area (Å²) in [4.78, 5) is 27.2. The van der Waals surface area contributed by atoms with E-state index in [1.807, 2.05) is 18.2 Å². The number of rotatable bonds is 4. The van der Waals surface area contributed by atoms with Crippen LogP contribution in [0.1, 0.15) is 23.7 Å². The molecule has 0 radical (unpaired) electrons. The molecule has 0 spiro atoms. The molecule has 6 heteroatoms. The van der Waals surface area contributed by atoms with Gasteiger partial charge in [0.15, 0.2) is 0 Å². The van der Waals surface area contributed by atoms with E-state index >= 15 is 0 Å². The number of amides is 2. The van der Waals surface area contributed by atoms with Gasteiger partial charge in [0.1, 0.15) is 0 Å². The minimum atomic E-state index is -0.274. The van der Waals surface area contributed by atoms with Crippen molar-refractivity contribution in [1.29, 1.82) is 0 Å². The summed E-state index contributed by atoms with van der Waals surface area (Å²) in [5.41, 5.74) is 2.32. The zero-order valence-corrected chi connectivity index (χ0v) is 13.8. The molecule has 3 rings (SSSR count). The molecule has 0 atom stereocenters. The van der Waals surface area contributed by atoms with Crippen molar-refractivity contribution >= 4 is 45.7 Å². The second kappa shape index (κ2) is 6.76. The predicted octanol–water partition coefficient (Wildman–Crippen LogP) is 4.42. The Morgan fingerprint density at radius 2 is 1.96 bits per heavy atom. The summed E-state index contributed by atoms with van der Waals surface area (Å²) < 4.78 is 0. The molecule has 2 amide bonds. The van der Waals surface area contributed by atoms with Crippen molar-refractivity contribution in [2.75, 3.05) is 10.6 Å². The molecule has 3 aromatic rings. The van der Waals surface area contributed by atoms with Crippen LogP contribution >= 0.6 is 11.6 Å². The number of nitrogens with one attached hydrogen (secondary N) is 3. The molecule has 2 aromatic carbocycles. The summed E-state index contributed by atoms with van der Waals surface area (Å²) in [7, 11) is 0. The Bertz CT molecular complexity index is 918. The van der Waals surface area contributed by atoms with Gasteiger partial charge in [0.05, 0.1) is 21.8 Å². The molecule has 0 fully saturated rings. The normalized spacial score (nSPS) is 10.6. The van der Waals surface area contributed by atoms with Crippen LogP contribution in [0.2, 0.25) is 5.02 Å². The van der Waals surface area contributed by atoms with Crippen molar-refractivity contribution in [3.8, 4) is 0 Å². The summed E-state index contributed by atoms with van der Waals surface area (Å²) in [6.45, 7) is 1.77. The molecule has 0 saturated heterocycles. The molecule has 5 nitrogen and oxygen atoms in total. The first-order valence-electron chi connectivity index (χ1n) is 7.55. The zero-order valence-electron chi connectivity index (χ0n) is 13.0. The molecule has 24 heavy (non-hydrogen) atoms. The molecule has 3 N–H and O–H groups in total. The third kappa shape index (κ3) is 3.26. The van der Waals surface area contributed by atoms with Gasteiger partial charge in [-0.1, -0.05) is 30.7 Å². The van der Waals surface area contributed by atoms with Crippen molar-refractivity contribution in [3.05, 3.63) is 59.2 Å². The second-order valence-electron chi connectivity index (χ2n) is 5.30. The van der Waals surface area contributed by atoms with Gasteiger partial charge in [-0.15, -0.1) is 0 Å². The number of aromatic amines is 1. The summed E-state index contributed by atoms with van der Waals surface area (Å²) in [6.07, 6.45) is 2.16. The summed E-state index contributed by atoms with van der Waals surface area (Å²) in [5, 5.41) is 6.90. The molecule has 0 aliphatic rings. The number of hydrogen-bond acceptors (Lipinski definition) is 2.